The molecule has 0 spiro atoms. The Morgan fingerprint density at radius 3 is 2.52 bits per heavy atom. The van der Waals surface area contributed by atoms with Gasteiger partial charge in [0.05, 0.1) is 5.92 Å². The van der Waals surface area contributed by atoms with Gasteiger partial charge in [0, 0.05) is 18.4 Å². The molecule has 1 aromatic carbocycles. The molecule has 1 amide bonds. The molecule has 2 fully saturated rings. The number of amides is 1. The molecule has 2 saturated carbocycles. The molecular weight excluding hydrogens is 366 g/mol. The van der Waals surface area contributed by atoms with Gasteiger partial charge in [0.25, 0.3) is 0 Å². The molecule has 0 saturated heterocycles. The first-order valence-electron chi connectivity index (χ1n) is 11.2. The van der Waals surface area contributed by atoms with Crippen LogP contribution in [0, 0.1) is 11.8 Å². The molecule has 158 valence electrons. The lowest BCUT2D eigenvalue weighted by Crippen LogP contribution is -2.37. The normalized spacial score (nSPS) is 22.6. The molecule has 2 aliphatic carbocycles. The molecule has 1 aromatic rings. The SMILES string of the molecule is O=CC1CCC(NC(=O)CCCc2cccc(OC(=O)C3CCCCC3)c2)CC1. The van der Waals surface area contributed by atoms with Gasteiger partial charge < -0.3 is 14.8 Å². The third kappa shape index (κ3) is 6.98. The van der Waals surface area contributed by atoms with Gasteiger partial charge in [-0.15, -0.1) is 0 Å². The molecule has 5 heteroatoms. The Labute approximate surface area is 173 Å². The van der Waals surface area contributed by atoms with Crippen LogP contribution in [0.4, 0.5) is 0 Å². The maximum atomic E-state index is 12.3. The minimum atomic E-state index is -0.106. The average molecular weight is 400 g/mol. The van der Waals surface area contributed by atoms with E-state index in [1.807, 2.05) is 24.3 Å². The van der Waals surface area contributed by atoms with Crippen LogP contribution < -0.4 is 10.1 Å². The molecule has 2 aliphatic rings. The Bertz CT molecular complexity index is 688. The first kappa shape index (κ1) is 21.5. The van der Waals surface area contributed by atoms with Crippen LogP contribution in [0.3, 0.4) is 0 Å². The lowest BCUT2D eigenvalue weighted by molar-refractivity contribution is -0.140. The predicted octanol–water partition coefficient (Wildman–Crippen LogP) is 4.37. The summed E-state index contributed by atoms with van der Waals surface area (Å²) in [5, 5.41) is 3.10. The Hall–Kier alpha value is -2.17. The van der Waals surface area contributed by atoms with Crippen molar-refractivity contribution in [1.82, 2.24) is 5.32 Å². The fourth-order valence-electron chi connectivity index (χ4n) is 4.45. The van der Waals surface area contributed by atoms with E-state index in [1.165, 1.54) is 6.42 Å². The number of aldehydes is 1. The van der Waals surface area contributed by atoms with Crippen LogP contribution in [0.5, 0.6) is 5.75 Å². The first-order valence-corrected chi connectivity index (χ1v) is 11.2. The third-order valence-electron chi connectivity index (χ3n) is 6.25. The van der Waals surface area contributed by atoms with Crippen molar-refractivity contribution in [3.63, 3.8) is 0 Å². The molecule has 29 heavy (non-hydrogen) atoms. The van der Waals surface area contributed by atoms with Crippen LogP contribution in [0.2, 0.25) is 0 Å². The second-order valence-corrected chi connectivity index (χ2v) is 8.57. The number of carbonyl (C=O) groups is 3. The van der Waals surface area contributed by atoms with Crippen molar-refractivity contribution in [3.8, 4) is 5.75 Å². The highest BCUT2D eigenvalue weighted by Crippen LogP contribution is 2.26. The summed E-state index contributed by atoms with van der Waals surface area (Å²) >= 11 is 0. The van der Waals surface area contributed by atoms with Crippen molar-refractivity contribution in [1.29, 1.82) is 0 Å². The lowest BCUT2D eigenvalue weighted by Gasteiger charge is -2.26. The minimum Gasteiger partial charge on any atom is -0.426 e. The number of hydrogen-bond acceptors (Lipinski definition) is 4. The second-order valence-electron chi connectivity index (χ2n) is 8.57. The van der Waals surface area contributed by atoms with Crippen LogP contribution in [-0.4, -0.2) is 24.2 Å². The van der Waals surface area contributed by atoms with E-state index in [-0.39, 0.29) is 29.8 Å². The standard InChI is InChI=1S/C24H33NO4/c26-17-19-12-14-21(15-13-19)25-23(27)11-5-7-18-6-4-10-22(16-18)29-24(28)20-8-2-1-3-9-20/h4,6,10,16-17,19-21H,1-3,5,7-9,11-15H2,(H,25,27). The quantitative estimate of drug-likeness (QED) is 0.400. The summed E-state index contributed by atoms with van der Waals surface area (Å²) in [6.45, 7) is 0. The number of benzene rings is 1. The maximum Gasteiger partial charge on any atom is 0.314 e. The minimum absolute atomic E-state index is 0.0395. The summed E-state index contributed by atoms with van der Waals surface area (Å²) in [7, 11) is 0. The van der Waals surface area contributed by atoms with Gasteiger partial charge >= 0.3 is 5.97 Å². The molecule has 0 unspecified atom stereocenters. The number of ether oxygens (including phenoxy) is 1. The van der Waals surface area contributed by atoms with Gasteiger partial charge in [0.15, 0.2) is 0 Å². The molecule has 1 N–H and O–H groups in total. The van der Waals surface area contributed by atoms with Gasteiger partial charge in [0.2, 0.25) is 5.91 Å². The number of rotatable bonds is 8. The molecule has 0 atom stereocenters. The largest absolute Gasteiger partial charge is 0.426 e. The van der Waals surface area contributed by atoms with E-state index in [9.17, 15) is 14.4 Å². The highest BCUT2D eigenvalue weighted by molar-refractivity contribution is 5.76. The lowest BCUT2D eigenvalue weighted by atomic mass is 9.87. The summed E-state index contributed by atoms with van der Waals surface area (Å²) in [5.41, 5.74) is 1.08. The summed E-state index contributed by atoms with van der Waals surface area (Å²) < 4.78 is 5.60. The van der Waals surface area contributed by atoms with Crippen molar-refractivity contribution in [3.05, 3.63) is 29.8 Å². The number of esters is 1. The summed E-state index contributed by atoms with van der Waals surface area (Å²) in [6.07, 6.45) is 11.9. The maximum absolute atomic E-state index is 12.3. The number of carbonyl (C=O) groups excluding carboxylic acids is 3. The predicted molar refractivity (Wildman–Crippen MR) is 112 cm³/mol. The summed E-state index contributed by atoms with van der Waals surface area (Å²) in [4.78, 5) is 35.3. The van der Waals surface area contributed by atoms with Crippen LogP contribution >= 0.6 is 0 Å². The molecule has 5 nitrogen and oxygen atoms in total. The second kappa shape index (κ2) is 11.1. The highest BCUT2D eigenvalue weighted by atomic mass is 16.5. The van der Waals surface area contributed by atoms with Crippen molar-refractivity contribution >= 4 is 18.2 Å². The summed E-state index contributed by atoms with van der Waals surface area (Å²) in [5.74, 6) is 0.791. The smallest absolute Gasteiger partial charge is 0.314 e. The van der Waals surface area contributed by atoms with Gasteiger partial charge in [-0.25, -0.2) is 0 Å². The van der Waals surface area contributed by atoms with Gasteiger partial charge in [0.1, 0.15) is 12.0 Å². The van der Waals surface area contributed by atoms with Crippen LogP contribution in [0.1, 0.15) is 76.2 Å². The van der Waals surface area contributed by atoms with E-state index in [0.717, 1.165) is 76.1 Å². The topological polar surface area (TPSA) is 72.5 Å². The molecule has 3 rings (SSSR count). The van der Waals surface area contributed by atoms with Crippen molar-refractivity contribution < 1.29 is 19.1 Å². The Morgan fingerprint density at radius 1 is 1.03 bits per heavy atom. The molecule has 0 aromatic heterocycles. The Balaban J connectivity index is 1.38. The van der Waals surface area contributed by atoms with Crippen molar-refractivity contribution in [2.75, 3.05) is 0 Å². The monoisotopic (exact) mass is 399 g/mol. The fourth-order valence-corrected chi connectivity index (χ4v) is 4.45. The van der Waals surface area contributed by atoms with E-state index < -0.39 is 0 Å². The first-order chi connectivity index (χ1) is 14.1. The van der Waals surface area contributed by atoms with Crippen molar-refractivity contribution in [2.45, 2.75) is 83.1 Å². The Kier molecular flexibility index (Phi) is 8.26. The van der Waals surface area contributed by atoms with E-state index >= 15 is 0 Å². The Morgan fingerprint density at radius 2 is 1.79 bits per heavy atom. The van der Waals surface area contributed by atoms with E-state index in [4.69, 9.17) is 4.74 Å². The van der Waals surface area contributed by atoms with E-state index in [1.54, 1.807) is 0 Å². The van der Waals surface area contributed by atoms with Gasteiger partial charge in [-0.2, -0.15) is 0 Å². The average Bonchev–Trinajstić information content (AvgIpc) is 2.75. The van der Waals surface area contributed by atoms with Crippen LogP contribution in [0.15, 0.2) is 24.3 Å². The van der Waals surface area contributed by atoms with E-state index in [2.05, 4.69) is 5.32 Å². The zero-order valence-electron chi connectivity index (χ0n) is 17.2. The molecule has 0 aliphatic heterocycles. The van der Waals surface area contributed by atoms with Gasteiger partial charge in [-0.05, 0) is 69.1 Å². The molecule has 0 heterocycles. The van der Waals surface area contributed by atoms with Gasteiger partial charge in [-0.3, -0.25) is 9.59 Å². The molecule has 0 bridgehead atoms. The van der Waals surface area contributed by atoms with E-state index in [0.29, 0.717) is 12.2 Å². The number of hydrogen-bond donors (Lipinski definition) is 1. The zero-order valence-corrected chi connectivity index (χ0v) is 17.2. The molecule has 0 radical (unpaired) electrons. The fraction of sp³-hybridized carbons (Fsp3) is 0.625. The number of nitrogens with one attached hydrogen (secondary N) is 1. The zero-order chi connectivity index (χ0) is 20.5. The third-order valence-corrected chi connectivity index (χ3v) is 6.25. The number of aryl methyl sites for hydroxylation is 1. The highest BCUT2D eigenvalue weighted by Gasteiger charge is 2.23. The summed E-state index contributed by atoms with van der Waals surface area (Å²) in [6, 6.07) is 7.87. The molecular formula is C24H33NO4. The van der Waals surface area contributed by atoms with Crippen LogP contribution in [0.25, 0.3) is 0 Å². The van der Waals surface area contributed by atoms with Gasteiger partial charge in [-0.1, -0.05) is 31.4 Å². The van der Waals surface area contributed by atoms with Crippen molar-refractivity contribution in [2.24, 2.45) is 11.8 Å². The van der Waals surface area contributed by atoms with Crippen LogP contribution in [-0.2, 0) is 20.8 Å².